The predicted molar refractivity (Wildman–Crippen MR) is 70.0 cm³/mol. The maximum Gasteiger partial charge on any atom is 0.342 e. The van der Waals surface area contributed by atoms with Gasteiger partial charge < -0.3 is 4.74 Å². The number of alkyl halides is 1. The summed E-state index contributed by atoms with van der Waals surface area (Å²) in [6.07, 6.45) is 3.08. The molecule has 1 aliphatic heterocycles. The molecule has 0 spiro atoms. The van der Waals surface area contributed by atoms with E-state index in [0.717, 1.165) is 5.56 Å². The summed E-state index contributed by atoms with van der Waals surface area (Å²) in [5.74, 6) is -0.438. The number of rotatable bonds is 1. The quantitative estimate of drug-likeness (QED) is 0.596. The second kappa shape index (κ2) is 4.59. The second-order valence-electron chi connectivity index (χ2n) is 3.77. The van der Waals surface area contributed by atoms with Crippen LogP contribution in [0, 0.1) is 0 Å². The van der Waals surface area contributed by atoms with Gasteiger partial charge in [0.15, 0.2) is 0 Å². The average Bonchev–Trinajstić information content (AvgIpc) is 2.65. The number of fused-ring (bicyclic) bond motifs is 1. The number of nitrogens with zero attached hydrogens (tertiary/aromatic N) is 1. The average molecular weight is 282 g/mol. The maximum absolute atomic E-state index is 11.7. The van der Waals surface area contributed by atoms with Crippen molar-refractivity contribution in [1.82, 2.24) is 4.98 Å². The van der Waals surface area contributed by atoms with Crippen LogP contribution in [-0.2, 0) is 9.80 Å². The number of pyridine rings is 1. The Morgan fingerprint density at radius 2 is 1.89 bits per heavy atom. The van der Waals surface area contributed by atoms with Crippen LogP contribution in [-0.4, -0.2) is 11.0 Å². The van der Waals surface area contributed by atoms with Crippen LogP contribution in [0.5, 0.6) is 0 Å². The topological polar surface area (TPSA) is 39.2 Å². The van der Waals surface area contributed by atoms with E-state index in [0.29, 0.717) is 11.1 Å². The molecular formula is C13H9Cl2NO2. The van der Waals surface area contributed by atoms with Gasteiger partial charge in [0.1, 0.15) is 0 Å². The summed E-state index contributed by atoms with van der Waals surface area (Å²) in [4.78, 5) is 15.6. The van der Waals surface area contributed by atoms with Crippen LogP contribution in [0.15, 0.2) is 48.8 Å². The van der Waals surface area contributed by atoms with E-state index in [1.807, 2.05) is 30.3 Å². The third-order valence-corrected chi connectivity index (χ3v) is 3.26. The smallest absolute Gasteiger partial charge is 0.342 e. The van der Waals surface area contributed by atoms with E-state index in [1.165, 1.54) is 6.20 Å². The largest absolute Gasteiger partial charge is 0.431 e. The summed E-state index contributed by atoms with van der Waals surface area (Å²) in [5.41, 5.74) is 1.80. The van der Waals surface area contributed by atoms with E-state index >= 15 is 0 Å². The van der Waals surface area contributed by atoms with Gasteiger partial charge in [0.2, 0.25) is 5.06 Å². The van der Waals surface area contributed by atoms with Crippen molar-refractivity contribution in [3.63, 3.8) is 0 Å². The number of cyclic esters (lactones) is 1. The molecule has 1 aromatic carbocycles. The molecule has 3 rings (SSSR count). The van der Waals surface area contributed by atoms with Crippen LogP contribution < -0.4 is 0 Å². The molecule has 0 radical (unpaired) electrons. The molecule has 0 saturated heterocycles. The summed E-state index contributed by atoms with van der Waals surface area (Å²) >= 11 is 6.45. The van der Waals surface area contributed by atoms with Crippen LogP contribution in [0.1, 0.15) is 21.5 Å². The minimum absolute atomic E-state index is 0. The van der Waals surface area contributed by atoms with Gasteiger partial charge in [-0.2, -0.15) is 0 Å². The number of carbonyl (C=O) groups excluding carboxylic acids is 1. The molecular weight excluding hydrogens is 273 g/mol. The monoisotopic (exact) mass is 281 g/mol. The molecule has 1 atom stereocenters. The standard InChI is InChI=1S/C13H8ClNO2.ClH/c14-13(9-4-2-1-3-5-9)11-6-7-15-8-10(11)12(16)17-13;/h1-8H;1H. The minimum atomic E-state index is -1.23. The third kappa shape index (κ3) is 1.76. The maximum atomic E-state index is 11.7. The Hall–Kier alpha value is -1.58. The van der Waals surface area contributed by atoms with Gasteiger partial charge in [-0.25, -0.2) is 4.79 Å². The number of halogens is 2. The second-order valence-corrected chi connectivity index (χ2v) is 4.30. The number of carbonyl (C=O) groups is 1. The van der Waals surface area contributed by atoms with Gasteiger partial charge in [0.05, 0.1) is 5.56 Å². The van der Waals surface area contributed by atoms with E-state index in [1.54, 1.807) is 12.3 Å². The number of esters is 1. The van der Waals surface area contributed by atoms with Crippen molar-refractivity contribution < 1.29 is 9.53 Å². The van der Waals surface area contributed by atoms with Gasteiger partial charge in [-0.1, -0.05) is 41.9 Å². The first-order chi connectivity index (χ1) is 8.22. The van der Waals surface area contributed by atoms with E-state index in [2.05, 4.69) is 4.98 Å². The van der Waals surface area contributed by atoms with Crippen molar-refractivity contribution in [2.75, 3.05) is 0 Å². The number of benzene rings is 1. The van der Waals surface area contributed by atoms with E-state index in [-0.39, 0.29) is 12.4 Å². The molecule has 0 saturated carbocycles. The van der Waals surface area contributed by atoms with Crippen LogP contribution >= 0.6 is 24.0 Å². The Labute approximate surface area is 115 Å². The van der Waals surface area contributed by atoms with Crippen molar-refractivity contribution in [3.8, 4) is 0 Å². The zero-order valence-electron chi connectivity index (χ0n) is 9.17. The first kappa shape index (κ1) is 12.9. The normalized spacial score (nSPS) is 20.8. The Balaban J connectivity index is 0.00000120. The Morgan fingerprint density at radius 3 is 2.61 bits per heavy atom. The molecule has 3 nitrogen and oxygen atoms in total. The fourth-order valence-corrected chi connectivity index (χ4v) is 2.30. The van der Waals surface area contributed by atoms with Crippen LogP contribution in [0.3, 0.4) is 0 Å². The van der Waals surface area contributed by atoms with Crippen molar-refractivity contribution in [1.29, 1.82) is 0 Å². The van der Waals surface area contributed by atoms with Gasteiger partial charge in [-0.3, -0.25) is 4.98 Å². The zero-order chi connectivity index (χ0) is 11.9. The lowest BCUT2D eigenvalue weighted by Crippen LogP contribution is -2.20. The SMILES string of the molecule is Cl.O=C1OC(Cl)(c2ccccc2)c2ccncc21. The van der Waals surface area contributed by atoms with Crippen molar-refractivity contribution in [2.24, 2.45) is 0 Å². The Kier molecular flexibility index (Phi) is 3.28. The molecule has 18 heavy (non-hydrogen) atoms. The summed E-state index contributed by atoms with van der Waals surface area (Å²) in [6, 6.07) is 11.0. The molecule has 0 N–H and O–H groups in total. The summed E-state index contributed by atoms with van der Waals surface area (Å²) in [7, 11) is 0. The van der Waals surface area contributed by atoms with Gasteiger partial charge in [0.25, 0.3) is 0 Å². The molecule has 1 aromatic heterocycles. The van der Waals surface area contributed by atoms with Gasteiger partial charge in [-0.05, 0) is 6.07 Å². The molecule has 2 aromatic rings. The lowest BCUT2D eigenvalue weighted by molar-refractivity contribution is 0.0366. The fraction of sp³-hybridized carbons (Fsp3) is 0.0769. The molecule has 0 amide bonds. The van der Waals surface area contributed by atoms with E-state index in [4.69, 9.17) is 16.3 Å². The van der Waals surface area contributed by atoms with Gasteiger partial charge >= 0.3 is 5.97 Å². The summed E-state index contributed by atoms with van der Waals surface area (Å²) < 4.78 is 5.29. The lowest BCUT2D eigenvalue weighted by atomic mass is 10.0. The molecule has 0 aliphatic carbocycles. The van der Waals surface area contributed by atoms with Gasteiger partial charge in [-0.15, -0.1) is 12.4 Å². The molecule has 1 unspecified atom stereocenters. The number of hydrogen-bond acceptors (Lipinski definition) is 3. The third-order valence-electron chi connectivity index (χ3n) is 2.77. The number of hydrogen-bond donors (Lipinski definition) is 0. The number of aromatic nitrogens is 1. The predicted octanol–water partition coefficient (Wildman–Crippen LogP) is 3.11. The molecule has 2 heterocycles. The molecule has 5 heteroatoms. The Bertz CT molecular complexity index is 589. The molecule has 0 bridgehead atoms. The van der Waals surface area contributed by atoms with Crippen molar-refractivity contribution in [3.05, 3.63) is 65.5 Å². The highest BCUT2D eigenvalue weighted by Crippen LogP contribution is 2.44. The van der Waals surface area contributed by atoms with Crippen LogP contribution in [0.4, 0.5) is 0 Å². The summed E-state index contributed by atoms with van der Waals surface area (Å²) in [6.45, 7) is 0. The molecule has 92 valence electrons. The first-order valence-corrected chi connectivity index (χ1v) is 5.52. The van der Waals surface area contributed by atoms with Crippen LogP contribution in [0.2, 0.25) is 0 Å². The van der Waals surface area contributed by atoms with Crippen molar-refractivity contribution >= 4 is 30.0 Å². The minimum Gasteiger partial charge on any atom is -0.431 e. The summed E-state index contributed by atoms with van der Waals surface area (Å²) in [5, 5.41) is -1.23. The highest BCUT2D eigenvalue weighted by molar-refractivity contribution is 6.27. The van der Waals surface area contributed by atoms with E-state index < -0.39 is 11.0 Å². The number of ether oxygens (including phenoxy) is 1. The highest BCUT2D eigenvalue weighted by Gasteiger charge is 2.45. The fourth-order valence-electron chi connectivity index (χ4n) is 1.94. The zero-order valence-corrected chi connectivity index (χ0v) is 10.7. The first-order valence-electron chi connectivity index (χ1n) is 5.14. The molecule has 0 fully saturated rings. The van der Waals surface area contributed by atoms with Gasteiger partial charge in [0, 0.05) is 23.5 Å². The Morgan fingerprint density at radius 1 is 1.17 bits per heavy atom. The van der Waals surface area contributed by atoms with Crippen molar-refractivity contribution in [2.45, 2.75) is 5.06 Å². The van der Waals surface area contributed by atoms with Crippen LogP contribution in [0.25, 0.3) is 0 Å². The van der Waals surface area contributed by atoms with E-state index in [9.17, 15) is 4.79 Å². The lowest BCUT2D eigenvalue weighted by Gasteiger charge is -2.21. The highest BCUT2D eigenvalue weighted by atomic mass is 35.5. The molecule has 1 aliphatic rings.